The maximum atomic E-state index is 4.86. The van der Waals surface area contributed by atoms with Crippen LogP contribution in [0.1, 0.15) is 29.0 Å². The molecule has 1 aliphatic rings. The van der Waals surface area contributed by atoms with E-state index in [2.05, 4.69) is 40.1 Å². The maximum absolute atomic E-state index is 4.86. The number of hydrogen-bond acceptors (Lipinski definition) is 5. The van der Waals surface area contributed by atoms with Gasteiger partial charge in [0.15, 0.2) is 0 Å². The van der Waals surface area contributed by atoms with Gasteiger partial charge in [0.25, 0.3) is 5.95 Å². The number of anilines is 1. The highest BCUT2D eigenvalue weighted by atomic mass is 32.1. The topological polar surface area (TPSA) is 55.6 Å². The minimum atomic E-state index is 0.653. The molecular weight excluding hydrogens is 342 g/mol. The summed E-state index contributed by atoms with van der Waals surface area (Å²) in [6.07, 6.45) is 6.32. The first-order valence-corrected chi connectivity index (χ1v) is 9.85. The molecule has 5 rings (SSSR count). The molecule has 0 saturated carbocycles. The van der Waals surface area contributed by atoms with Crippen molar-refractivity contribution in [2.75, 3.05) is 5.32 Å². The van der Waals surface area contributed by atoms with Gasteiger partial charge in [0.05, 0.1) is 24.0 Å². The molecule has 26 heavy (non-hydrogen) atoms. The Morgan fingerprint density at radius 1 is 1.04 bits per heavy atom. The van der Waals surface area contributed by atoms with Gasteiger partial charge in [-0.05, 0) is 43.2 Å². The van der Waals surface area contributed by atoms with Gasteiger partial charge in [-0.25, -0.2) is 4.98 Å². The molecule has 3 aromatic heterocycles. The standard InChI is InChI=1S/C20H19N5S/c1-4-10-18-14(6-1)12-22-25(18)20-23-17-9-3-2-8-16(17)19(24-20)21-13-15-7-5-11-26-15/h1,4-7,10-12H,2-3,8-9,13H2,(H,21,23,24). The van der Waals surface area contributed by atoms with Gasteiger partial charge in [0.1, 0.15) is 5.82 Å². The lowest BCUT2D eigenvalue weighted by molar-refractivity contribution is 0.655. The Balaban J connectivity index is 1.58. The third kappa shape index (κ3) is 2.76. The van der Waals surface area contributed by atoms with Crippen LogP contribution in [0.5, 0.6) is 0 Å². The fourth-order valence-corrected chi connectivity index (χ4v) is 4.18. The van der Waals surface area contributed by atoms with Gasteiger partial charge >= 0.3 is 0 Å². The second-order valence-electron chi connectivity index (χ2n) is 6.55. The number of benzene rings is 1. The second-order valence-corrected chi connectivity index (χ2v) is 7.58. The van der Waals surface area contributed by atoms with Crippen molar-refractivity contribution < 1.29 is 0 Å². The molecule has 3 heterocycles. The quantitative estimate of drug-likeness (QED) is 0.586. The summed E-state index contributed by atoms with van der Waals surface area (Å²) in [7, 11) is 0. The summed E-state index contributed by atoms with van der Waals surface area (Å²) in [4.78, 5) is 11.0. The zero-order valence-electron chi connectivity index (χ0n) is 14.4. The van der Waals surface area contributed by atoms with E-state index in [0.29, 0.717) is 5.95 Å². The maximum Gasteiger partial charge on any atom is 0.253 e. The molecule has 0 amide bonds. The summed E-state index contributed by atoms with van der Waals surface area (Å²) in [5, 5.41) is 11.3. The molecule has 0 atom stereocenters. The lowest BCUT2D eigenvalue weighted by Crippen LogP contribution is -2.16. The monoisotopic (exact) mass is 361 g/mol. The molecule has 0 spiro atoms. The van der Waals surface area contributed by atoms with E-state index in [1.165, 1.54) is 23.3 Å². The molecule has 0 radical (unpaired) electrons. The first-order chi connectivity index (χ1) is 12.9. The third-order valence-electron chi connectivity index (χ3n) is 4.85. The lowest BCUT2D eigenvalue weighted by atomic mass is 9.96. The summed E-state index contributed by atoms with van der Waals surface area (Å²) in [5.41, 5.74) is 3.47. The number of aryl methyl sites for hydroxylation is 1. The number of thiophene rings is 1. The van der Waals surface area contributed by atoms with Crippen molar-refractivity contribution in [1.82, 2.24) is 19.7 Å². The molecule has 0 unspecified atom stereocenters. The van der Waals surface area contributed by atoms with Crippen LogP contribution in [0.25, 0.3) is 16.9 Å². The summed E-state index contributed by atoms with van der Waals surface area (Å²) in [5.74, 6) is 1.61. The van der Waals surface area contributed by atoms with Crippen molar-refractivity contribution in [3.8, 4) is 5.95 Å². The molecular formula is C20H19N5S. The Kier molecular flexibility index (Phi) is 3.90. The summed E-state index contributed by atoms with van der Waals surface area (Å²) in [6, 6.07) is 12.4. The van der Waals surface area contributed by atoms with Gasteiger partial charge in [0.2, 0.25) is 0 Å². The van der Waals surface area contributed by atoms with Crippen molar-refractivity contribution in [3.63, 3.8) is 0 Å². The van der Waals surface area contributed by atoms with E-state index in [1.54, 1.807) is 11.3 Å². The number of hydrogen-bond donors (Lipinski definition) is 1. The zero-order valence-corrected chi connectivity index (χ0v) is 15.2. The summed E-state index contributed by atoms with van der Waals surface area (Å²) in [6.45, 7) is 0.792. The van der Waals surface area contributed by atoms with Gasteiger partial charge in [-0.15, -0.1) is 11.3 Å². The molecule has 1 N–H and O–H groups in total. The number of fused-ring (bicyclic) bond motifs is 2. The van der Waals surface area contributed by atoms with Crippen LogP contribution >= 0.6 is 11.3 Å². The van der Waals surface area contributed by atoms with Crippen molar-refractivity contribution >= 4 is 28.1 Å². The van der Waals surface area contributed by atoms with Crippen LogP contribution in [0.2, 0.25) is 0 Å². The average molecular weight is 361 g/mol. The number of aromatic nitrogens is 4. The summed E-state index contributed by atoms with van der Waals surface area (Å²) >= 11 is 1.76. The number of nitrogens with zero attached hydrogens (tertiary/aromatic N) is 4. The molecule has 4 aromatic rings. The zero-order chi connectivity index (χ0) is 17.3. The Labute approximate surface area is 155 Å². The highest BCUT2D eigenvalue weighted by Gasteiger charge is 2.19. The molecule has 0 saturated heterocycles. The van der Waals surface area contributed by atoms with Crippen molar-refractivity contribution in [1.29, 1.82) is 0 Å². The number of rotatable bonds is 4. The molecule has 130 valence electrons. The molecule has 0 bridgehead atoms. The molecule has 6 heteroatoms. The SMILES string of the molecule is c1csc(CNc2nc(-n3ncc4ccccc43)nc3c2CCCC3)c1. The van der Waals surface area contributed by atoms with Gasteiger partial charge in [0, 0.05) is 15.8 Å². The van der Waals surface area contributed by atoms with Gasteiger partial charge in [-0.1, -0.05) is 24.3 Å². The third-order valence-corrected chi connectivity index (χ3v) is 5.72. The van der Waals surface area contributed by atoms with E-state index in [-0.39, 0.29) is 0 Å². The number of para-hydroxylation sites is 1. The second kappa shape index (κ2) is 6.53. The van der Waals surface area contributed by atoms with E-state index in [0.717, 1.165) is 41.8 Å². The van der Waals surface area contributed by atoms with E-state index in [1.807, 2.05) is 23.0 Å². The normalized spacial score (nSPS) is 13.7. The van der Waals surface area contributed by atoms with E-state index >= 15 is 0 Å². The Morgan fingerprint density at radius 3 is 2.88 bits per heavy atom. The van der Waals surface area contributed by atoms with Crippen molar-refractivity contribution in [3.05, 3.63) is 64.1 Å². The predicted molar refractivity (Wildman–Crippen MR) is 105 cm³/mol. The van der Waals surface area contributed by atoms with E-state index < -0.39 is 0 Å². The fourth-order valence-electron chi connectivity index (χ4n) is 3.54. The van der Waals surface area contributed by atoms with Gasteiger partial charge < -0.3 is 5.32 Å². The molecule has 0 fully saturated rings. The smallest absolute Gasteiger partial charge is 0.253 e. The molecule has 0 aliphatic heterocycles. The Bertz CT molecular complexity index is 1050. The first-order valence-electron chi connectivity index (χ1n) is 8.98. The molecule has 1 aromatic carbocycles. The van der Waals surface area contributed by atoms with Gasteiger partial charge in [-0.2, -0.15) is 14.8 Å². The van der Waals surface area contributed by atoms with Crippen LogP contribution in [0, 0.1) is 0 Å². The first kappa shape index (κ1) is 15.5. The van der Waals surface area contributed by atoms with Gasteiger partial charge in [-0.3, -0.25) is 0 Å². The minimum absolute atomic E-state index is 0.653. The lowest BCUT2D eigenvalue weighted by Gasteiger charge is -2.19. The minimum Gasteiger partial charge on any atom is -0.365 e. The summed E-state index contributed by atoms with van der Waals surface area (Å²) < 4.78 is 1.85. The fraction of sp³-hybridized carbons (Fsp3) is 0.250. The van der Waals surface area contributed by atoms with Crippen LogP contribution in [-0.4, -0.2) is 19.7 Å². The van der Waals surface area contributed by atoms with Crippen LogP contribution < -0.4 is 5.32 Å². The van der Waals surface area contributed by atoms with Crippen LogP contribution in [-0.2, 0) is 19.4 Å². The van der Waals surface area contributed by atoms with Crippen LogP contribution in [0.3, 0.4) is 0 Å². The van der Waals surface area contributed by atoms with Crippen LogP contribution in [0.15, 0.2) is 48.0 Å². The van der Waals surface area contributed by atoms with Crippen molar-refractivity contribution in [2.24, 2.45) is 0 Å². The number of nitrogens with one attached hydrogen (secondary N) is 1. The molecule has 1 aliphatic carbocycles. The average Bonchev–Trinajstić information content (AvgIpc) is 3.35. The van der Waals surface area contributed by atoms with E-state index in [4.69, 9.17) is 9.97 Å². The predicted octanol–water partition coefficient (Wildman–Crippen LogP) is 4.37. The molecule has 5 nitrogen and oxygen atoms in total. The van der Waals surface area contributed by atoms with E-state index in [9.17, 15) is 0 Å². The van der Waals surface area contributed by atoms with Crippen molar-refractivity contribution in [2.45, 2.75) is 32.2 Å². The van der Waals surface area contributed by atoms with Crippen LogP contribution in [0.4, 0.5) is 5.82 Å². The Hall–Kier alpha value is -2.73. The largest absolute Gasteiger partial charge is 0.365 e. The highest BCUT2D eigenvalue weighted by Crippen LogP contribution is 2.28. The highest BCUT2D eigenvalue weighted by molar-refractivity contribution is 7.09. The Morgan fingerprint density at radius 2 is 1.96 bits per heavy atom.